The van der Waals surface area contributed by atoms with E-state index in [4.69, 9.17) is 23.2 Å². The number of hydrogen-bond donors (Lipinski definition) is 0. The Morgan fingerprint density at radius 2 is 0.983 bits per heavy atom. The predicted octanol–water partition coefficient (Wildman–Crippen LogP) is 16.3. The van der Waals surface area contributed by atoms with Gasteiger partial charge in [-0.15, -0.1) is 23.2 Å². The molecular weight excluding hydrogens is 957 g/mol. The predicted molar refractivity (Wildman–Crippen MR) is 254 cm³/mol. The maximum atomic E-state index is 8.81. The third-order valence-corrected chi connectivity index (χ3v) is 19.0. The van der Waals surface area contributed by atoms with Crippen LogP contribution in [0.4, 0.5) is 11.4 Å². The number of rotatable bonds is 10. The van der Waals surface area contributed by atoms with E-state index in [0.717, 1.165) is 25.9 Å². The number of anilines is 2. The van der Waals surface area contributed by atoms with Gasteiger partial charge in [0, 0.05) is 30.0 Å². The minimum absolute atomic E-state index is 0. The SMILES string of the molecule is CC(C)c1cccc(C(C)C)c1N1CCN(c2c(C(C)C)cccc2C(C)C)C1=C1C(=Cc2ccccc2)C(Cl)(P(C2CCCCC2)C2CCCCC2)CCC1Cl.[Ru+2].[Ru+2]. The molecule has 3 aliphatic carbocycles. The molecule has 7 heteroatoms. The topological polar surface area (TPSA) is 6.48 Å². The van der Waals surface area contributed by atoms with Crippen LogP contribution >= 0.6 is 31.1 Å². The molecule has 0 N–H and O–H groups in total. The number of hydrogen-bond acceptors (Lipinski definition) is 2. The van der Waals surface area contributed by atoms with Crippen LogP contribution < -0.4 is 9.80 Å². The van der Waals surface area contributed by atoms with Crippen molar-refractivity contribution in [2.75, 3.05) is 22.9 Å². The molecular formula is C52H71Cl2N2PRu2+4. The summed E-state index contributed by atoms with van der Waals surface area (Å²) in [7, 11) is -0.529. The standard InChI is InChI=1S/C52H71Cl2N2P.2Ru/c1-35(2)42-26-18-27-43(36(3)4)49(42)55-32-33-56(50-44(37(5)6)28-19-29-45(50)38(7)8)51(55)48-46(34-39-20-12-9-13-21-39)52(54,31-30-47(48)53)57(40-22-14-10-15-23-40)41-24-16-11-17-25-41;;/h9,12-13,18-21,26-29,34-38,40-41,47H,10-11,14-17,22-25,30-33H2,1-8H3;;/q;2*+2. The third kappa shape index (κ3) is 10.2. The molecule has 0 radical (unpaired) electrons. The molecule has 0 amide bonds. The largest absolute Gasteiger partial charge is 2.00 e. The van der Waals surface area contributed by atoms with Gasteiger partial charge in [-0.05, 0) is 113 Å². The maximum absolute atomic E-state index is 8.81. The first-order chi connectivity index (χ1) is 27.4. The van der Waals surface area contributed by atoms with Crippen molar-refractivity contribution in [3.63, 3.8) is 0 Å². The first-order valence-corrected chi connectivity index (χ1v) is 25.2. The Morgan fingerprint density at radius 3 is 1.37 bits per heavy atom. The summed E-state index contributed by atoms with van der Waals surface area (Å²) in [5, 5.41) is -0.151. The molecule has 0 spiro atoms. The molecule has 59 heavy (non-hydrogen) atoms. The molecule has 2 unspecified atom stereocenters. The zero-order valence-corrected chi connectivity index (χ0v) is 43.1. The first kappa shape index (κ1) is 49.0. The normalized spacial score (nSPS) is 23.0. The monoisotopic (exact) mass is 1030 g/mol. The molecule has 0 bridgehead atoms. The van der Waals surface area contributed by atoms with Gasteiger partial charge in [0.2, 0.25) is 0 Å². The van der Waals surface area contributed by atoms with Gasteiger partial charge in [0.15, 0.2) is 0 Å². The van der Waals surface area contributed by atoms with Crippen LogP contribution in [0.15, 0.2) is 83.7 Å². The Kier molecular flexibility index (Phi) is 17.9. The van der Waals surface area contributed by atoms with Gasteiger partial charge in [0.1, 0.15) is 5.82 Å². The molecule has 4 aliphatic rings. The van der Waals surface area contributed by atoms with Crippen molar-refractivity contribution in [2.24, 2.45) is 0 Å². The number of halogens is 2. The van der Waals surface area contributed by atoms with Gasteiger partial charge in [-0.2, -0.15) is 0 Å². The summed E-state index contributed by atoms with van der Waals surface area (Å²) in [6.07, 6.45) is 17.9. The molecule has 1 aliphatic heterocycles. The number of para-hydroxylation sites is 2. The zero-order chi connectivity index (χ0) is 40.4. The van der Waals surface area contributed by atoms with E-state index in [-0.39, 0.29) is 44.3 Å². The van der Waals surface area contributed by atoms with E-state index < -0.39 is 12.5 Å². The fourth-order valence-corrected chi connectivity index (χ4v) is 16.8. The van der Waals surface area contributed by atoms with Gasteiger partial charge in [-0.1, -0.05) is 169 Å². The molecule has 3 aromatic rings. The first-order valence-electron chi connectivity index (χ1n) is 22.9. The van der Waals surface area contributed by atoms with Crippen molar-refractivity contribution < 1.29 is 39.0 Å². The Morgan fingerprint density at radius 1 is 0.576 bits per heavy atom. The van der Waals surface area contributed by atoms with Crippen LogP contribution in [0.5, 0.6) is 0 Å². The Hall–Kier alpha value is -1.00. The Labute approximate surface area is 396 Å². The Bertz CT molecular complexity index is 1750. The molecule has 2 nitrogen and oxygen atoms in total. The third-order valence-electron chi connectivity index (χ3n) is 13.7. The van der Waals surface area contributed by atoms with Gasteiger partial charge in [0.05, 0.1) is 9.99 Å². The van der Waals surface area contributed by atoms with Crippen molar-refractivity contribution in [3.8, 4) is 0 Å². The van der Waals surface area contributed by atoms with Gasteiger partial charge < -0.3 is 9.80 Å². The van der Waals surface area contributed by atoms with Gasteiger partial charge in [-0.3, -0.25) is 0 Å². The van der Waals surface area contributed by atoms with Gasteiger partial charge in [0.25, 0.3) is 0 Å². The minimum Gasteiger partial charge on any atom is -0.325 e. The Balaban J connectivity index is 0.00000331. The molecule has 3 aromatic carbocycles. The molecule has 320 valence electrons. The van der Waals surface area contributed by atoms with Crippen molar-refractivity contribution in [3.05, 3.63) is 112 Å². The summed E-state index contributed by atoms with van der Waals surface area (Å²) >= 11 is 16.8. The number of allylic oxidation sites excluding steroid dienone is 2. The fraction of sp³-hybridized carbons (Fsp3) is 0.577. The summed E-state index contributed by atoms with van der Waals surface area (Å²) in [6.45, 7) is 20.7. The van der Waals surface area contributed by atoms with E-state index in [2.05, 4.69) is 138 Å². The number of nitrogens with zero attached hydrogens (tertiary/aromatic N) is 2. The van der Waals surface area contributed by atoms with Crippen LogP contribution in [0.2, 0.25) is 0 Å². The quantitative estimate of drug-likeness (QED) is 0.113. The van der Waals surface area contributed by atoms with Crippen molar-refractivity contribution >= 4 is 48.6 Å². The van der Waals surface area contributed by atoms with Gasteiger partial charge >= 0.3 is 39.0 Å². The van der Waals surface area contributed by atoms with Crippen LogP contribution in [0.25, 0.3) is 6.08 Å². The molecule has 1 heterocycles. The smallest absolute Gasteiger partial charge is 0.325 e. The summed E-state index contributed by atoms with van der Waals surface area (Å²) in [4.78, 5) is 5.48. The maximum Gasteiger partial charge on any atom is 2.00 e. The summed E-state index contributed by atoms with van der Waals surface area (Å²) in [6, 6.07) is 25.2. The molecule has 0 aromatic heterocycles. The molecule has 7 rings (SSSR count). The van der Waals surface area contributed by atoms with Crippen LogP contribution in [0, 0.1) is 0 Å². The number of benzene rings is 3. The second kappa shape index (κ2) is 21.6. The fourth-order valence-electron chi connectivity index (χ4n) is 10.9. The van der Waals surface area contributed by atoms with E-state index in [1.165, 1.54) is 120 Å². The number of alkyl halides is 2. The van der Waals surface area contributed by atoms with E-state index in [1.807, 2.05) is 0 Å². The molecule has 2 atom stereocenters. The average Bonchev–Trinajstić information content (AvgIpc) is 3.64. The van der Waals surface area contributed by atoms with E-state index in [1.54, 1.807) is 0 Å². The van der Waals surface area contributed by atoms with E-state index in [0.29, 0.717) is 35.0 Å². The van der Waals surface area contributed by atoms with Crippen molar-refractivity contribution in [1.82, 2.24) is 0 Å². The summed E-state index contributed by atoms with van der Waals surface area (Å²) < 4.78 is -0.445. The van der Waals surface area contributed by atoms with Crippen molar-refractivity contribution in [1.29, 1.82) is 0 Å². The van der Waals surface area contributed by atoms with Gasteiger partial charge in [-0.25, -0.2) is 0 Å². The van der Waals surface area contributed by atoms with Crippen LogP contribution in [-0.2, 0) is 39.0 Å². The minimum atomic E-state index is -0.529. The molecule has 4 fully saturated rings. The summed E-state index contributed by atoms with van der Waals surface area (Å²) in [5.41, 5.74) is 13.7. The van der Waals surface area contributed by atoms with Crippen LogP contribution in [0.3, 0.4) is 0 Å². The summed E-state index contributed by atoms with van der Waals surface area (Å²) in [5.74, 6) is 2.80. The van der Waals surface area contributed by atoms with Crippen LogP contribution in [0.1, 0.15) is 184 Å². The van der Waals surface area contributed by atoms with E-state index >= 15 is 0 Å². The zero-order valence-electron chi connectivity index (χ0n) is 37.2. The molecule has 3 saturated carbocycles. The average molecular weight is 1030 g/mol. The van der Waals surface area contributed by atoms with Crippen molar-refractivity contribution in [2.45, 2.75) is 177 Å². The molecule has 1 saturated heterocycles. The van der Waals surface area contributed by atoms with E-state index in [9.17, 15) is 0 Å². The second-order valence-electron chi connectivity index (χ2n) is 19.0. The van der Waals surface area contributed by atoms with Crippen LogP contribution in [-0.4, -0.2) is 34.4 Å². The second-order valence-corrected chi connectivity index (χ2v) is 23.4.